The lowest BCUT2D eigenvalue weighted by molar-refractivity contribution is 0.0505. The highest BCUT2D eigenvalue weighted by Gasteiger charge is 2.22. The van der Waals surface area contributed by atoms with Crippen LogP contribution < -0.4 is 5.73 Å². The van der Waals surface area contributed by atoms with E-state index in [0.717, 1.165) is 19.6 Å². The first-order chi connectivity index (χ1) is 7.09. The largest absolute Gasteiger partial charge is 0.377 e. The van der Waals surface area contributed by atoms with Crippen molar-refractivity contribution in [3.05, 3.63) is 0 Å². The molecule has 0 radical (unpaired) electrons. The van der Waals surface area contributed by atoms with Crippen molar-refractivity contribution >= 4 is 0 Å². The summed E-state index contributed by atoms with van der Waals surface area (Å²) in [5.41, 5.74) is 5.98. The molecule has 0 aromatic carbocycles. The van der Waals surface area contributed by atoms with E-state index in [1.807, 2.05) is 0 Å². The van der Waals surface area contributed by atoms with Crippen LogP contribution in [0.2, 0.25) is 0 Å². The molecule has 3 heteroatoms. The molecule has 1 aliphatic rings. The van der Waals surface area contributed by atoms with Gasteiger partial charge in [-0.2, -0.15) is 0 Å². The molecule has 0 amide bonds. The Hall–Kier alpha value is -0.120. The molecule has 0 bridgehead atoms. The number of nitrogens with zero attached hydrogens (tertiary/aromatic N) is 1. The van der Waals surface area contributed by atoms with Crippen LogP contribution in [0.15, 0.2) is 0 Å². The van der Waals surface area contributed by atoms with Gasteiger partial charge < -0.3 is 15.4 Å². The van der Waals surface area contributed by atoms with Gasteiger partial charge in [-0.3, -0.25) is 0 Å². The molecule has 0 aliphatic heterocycles. The smallest absolute Gasteiger partial charge is 0.0596 e. The van der Waals surface area contributed by atoms with Crippen molar-refractivity contribution in [1.82, 2.24) is 4.90 Å². The van der Waals surface area contributed by atoms with Gasteiger partial charge in [-0.25, -0.2) is 0 Å². The van der Waals surface area contributed by atoms with E-state index in [4.69, 9.17) is 10.5 Å². The second-order valence-corrected chi connectivity index (χ2v) is 4.98. The SMILES string of the molecule is CC(C)OCCN(C)C1CCCC(N)C1. The lowest BCUT2D eigenvalue weighted by atomic mass is 9.91. The van der Waals surface area contributed by atoms with E-state index in [2.05, 4.69) is 25.8 Å². The summed E-state index contributed by atoms with van der Waals surface area (Å²) in [5.74, 6) is 0. The summed E-state index contributed by atoms with van der Waals surface area (Å²) in [7, 11) is 2.19. The Morgan fingerprint density at radius 3 is 2.73 bits per heavy atom. The number of hydrogen-bond acceptors (Lipinski definition) is 3. The van der Waals surface area contributed by atoms with E-state index in [0.29, 0.717) is 18.2 Å². The first-order valence-corrected chi connectivity index (χ1v) is 6.17. The predicted octanol–water partition coefficient (Wildman–Crippen LogP) is 1.61. The van der Waals surface area contributed by atoms with Gasteiger partial charge >= 0.3 is 0 Å². The maximum atomic E-state index is 5.98. The molecule has 0 saturated heterocycles. The van der Waals surface area contributed by atoms with Crippen molar-refractivity contribution in [3.63, 3.8) is 0 Å². The molecule has 0 aromatic heterocycles. The standard InChI is InChI=1S/C12H26N2O/c1-10(2)15-8-7-14(3)12-6-4-5-11(13)9-12/h10-12H,4-9,13H2,1-3H3. The van der Waals surface area contributed by atoms with Gasteiger partial charge in [-0.15, -0.1) is 0 Å². The fraction of sp³-hybridized carbons (Fsp3) is 1.00. The minimum absolute atomic E-state index is 0.340. The molecule has 0 aromatic rings. The van der Waals surface area contributed by atoms with Gasteiger partial charge in [0.25, 0.3) is 0 Å². The lowest BCUT2D eigenvalue weighted by Gasteiger charge is -2.34. The van der Waals surface area contributed by atoms with Crippen LogP contribution in [-0.4, -0.2) is 43.3 Å². The molecule has 15 heavy (non-hydrogen) atoms. The summed E-state index contributed by atoms with van der Waals surface area (Å²) in [6.45, 7) is 6.02. The average molecular weight is 214 g/mol. The van der Waals surface area contributed by atoms with Gasteiger partial charge in [-0.05, 0) is 40.2 Å². The number of likely N-dealkylation sites (N-methyl/N-ethyl adjacent to an activating group) is 1. The van der Waals surface area contributed by atoms with Crippen molar-refractivity contribution < 1.29 is 4.74 Å². The molecular weight excluding hydrogens is 188 g/mol. The first kappa shape index (κ1) is 12.9. The molecule has 1 aliphatic carbocycles. The summed E-state index contributed by atoms with van der Waals surface area (Å²) in [4.78, 5) is 2.40. The predicted molar refractivity (Wildman–Crippen MR) is 63.9 cm³/mol. The van der Waals surface area contributed by atoms with E-state index < -0.39 is 0 Å². The lowest BCUT2D eigenvalue weighted by Crippen LogP contribution is -2.42. The number of hydrogen-bond donors (Lipinski definition) is 1. The maximum Gasteiger partial charge on any atom is 0.0596 e. The van der Waals surface area contributed by atoms with Crippen LogP contribution in [0.4, 0.5) is 0 Å². The molecule has 90 valence electrons. The molecule has 1 saturated carbocycles. The zero-order chi connectivity index (χ0) is 11.3. The van der Waals surface area contributed by atoms with Crippen molar-refractivity contribution in [2.24, 2.45) is 5.73 Å². The Kier molecular flexibility index (Phi) is 5.58. The maximum absolute atomic E-state index is 5.98. The van der Waals surface area contributed by atoms with Gasteiger partial charge in [0.1, 0.15) is 0 Å². The zero-order valence-corrected chi connectivity index (χ0v) is 10.4. The third-order valence-corrected chi connectivity index (χ3v) is 3.21. The molecule has 1 rings (SSSR count). The van der Waals surface area contributed by atoms with Crippen LogP contribution in [0.1, 0.15) is 39.5 Å². The fourth-order valence-corrected chi connectivity index (χ4v) is 2.22. The summed E-state index contributed by atoms with van der Waals surface area (Å²) >= 11 is 0. The van der Waals surface area contributed by atoms with Crippen LogP contribution in [-0.2, 0) is 4.74 Å². The second-order valence-electron chi connectivity index (χ2n) is 4.98. The summed E-state index contributed by atoms with van der Waals surface area (Å²) in [6, 6.07) is 1.08. The van der Waals surface area contributed by atoms with E-state index in [9.17, 15) is 0 Å². The van der Waals surface area contributed by atoms with Gasteiger partial charge in [0.05, 0.1) is 12.7 Å². The van der Waals surface area contributed by atoms with E-state index in [1.165, 1.54) is 19.3 Å². The fourth-order valence-electron chi connectivity index (χ4n) is 2.22. The molecule has 2 N–H and O–H groups in total. The zero-order valence-electron chi connectivity index (χ0n) is 10.4. The van der Waals surface area contributed by atoms with Gasteiger partial charge in [0.2, 0.25) is 0 Å². The minimum Gasteiger partial charge on any atom is -0.377 e. The van der Waals surface area contributed by atoms with Crippen molar-refractivity contribution in [1.29, 1.82) is 0 Å². The molecule has 0 spiro atoms. The number of nitrogens with two attached hydrogens (primary N) is 1. The van der Waals surface area contributed by atoms with Crippen LogP contribution in [0.25, 0.3) is 0 Å². The molecule has 2 atom stereocenters. The van der Waals surface area contributed by atoms with Crippen LogP contribution in [0, 0.1) is 0 Å². The Morgan fingerprint density at radius 2 is 2.13 bits per heavy atom. The topological polar surface area (TPSA) is 38.5 Å². The van der Waals surface area contributed by atoms with Crippen molar-refractivity contribution in [3.8, 4) is 0 Å². The molecular formula is C12H26N2O. The summed E-state index contributed by atoms with van der Waals surface area (Å²) < 4.78 is 5.56. The first-order valence-electron chi connectivity index (χ1n) is 6.17. The third kappa shape index (κ3) is 4.96. The Labute approximate surface area is 94.0 Å². The average Bonchev–Trinajstić information content (AvgIpc) is 2.17. The molecule has 3 nitrogen and oxygen atoms in total. The number of rotatable bonds is 5. The quantitative estimate of drug-likeness (QED) is 0.755. The van der Waals surface area contributed by atoms with E-state index in [-0.39, 0.29) is 0 Å². The third-order valence-electron chi connectivity index (χ3n) is 3.21. The number of ether oxygens (including phenoxy) is 1. The van der Waals surface area contributed by atoms with Crippen LogP contribution in [0.3, 0.4) is 0 Å². The van der Waals surface area contributed by atoms with Crippen molar-refractivity contribution in [2.45, 2.75) is 57.7 Å². The molecule has 0 heterocycles. The summed E-state index contributed by atoms with van der Waals surface area (Å²) in [5, 5.41) is 0. The van der Waals surface area contributed by atoms with Crippen LogP contribution >= 0.6 is 0 Å². The highest BCUT2D eigenvalue weighted by Crippen LogP contribution is 2.20. The Balaban J connectivity index is 2.17. The van der Waals surface area contributed by atoms with Crippen molar-refractivity contribution in [2.75, 3.05) is 20.2 Å². The van der Waals surface area contributed by atoms with Gasteiger partial charge in [0, 0.05) is 18.6 Å². The second kappa shape index (κ2) is 6.46. The van der Waals surface area contributed by atoms with Gasteiger partial charge in [0.15, 0.2) is 0 Å². The summed E-state index contributed by atoms with van der Waals surface area (Å²) in [6.07, 6.45) is 5.27. The highest BCUT2D eigenvalue weighted by molar-refractivity contribution is 4.80. The normalized spacial score (nSPS) is 27.6. The molecule has 2 unspecified atom stereocenters. The Bertz CT molecular complexity index is 173. The van der Waals surface area contributed by atoms with E-state index >= 15 is 0 Å². The van der Waals surface area contributed by atoms with E-state index in [1.54, 1.807) is 0 Å². The molecule has 1 fully saturated rings. The minimum atomic E-state index is 0.340. The van der Waals surface area contributed by atoms with Gasteiger partial charge in [-0.1, -0.05) is 6.42 Å². The highest BCUT2D eigenvalue weighted by atomic mass is 16.5. The van der Waals surface area contributed by atoms with Crippen LogP contribution in [0.5, 0.6) is 0 Å². The Morgan fingerprint density at radius 1 is 1.40 bits per heavy atom. The monoisotopic (exact) mass is 214 g/mol.